The highest BCUT2D eigenvalue weighted by molar-refractivity contribution is 5.20. The van der Waals surface area contributed by atoms with Gasteiger partial charge in [-0.2, -0.15) is 0 Å². The molecule has 36 heavy (non-hydrogen) atoms. The first-order chi connectivity index (χ1) is 17.8. The minimum atomic E-state index is -0.199. The largest absolute Gasteiger partial charge is 0.491 e. The lowest BCUT2D eigenvalue weighted by Crippen LogP contribution is -2.51. The highest BCUT2D eigenvalue weighted by Gasteiger charge is 2.41. The van der Waals surface area contributed by atoms with Gasteiger partial charge in [-0.25, -0.2) is 0 Å². The molecule has 2 atom stereocenters. The average Bonchev–Trinajstić information content (AvgIpc) is 2.89. The molecule has 2 unspecified atom stereocenters. The van der Waals surface area contributed by atoms with Crippen LogP contribution >= 0.6 is 0 Å². The summed E-state index contributed by atoms with van der Waals surface area (Å²) in [7, 11) is 1.75. The molecular weight excluding hydrogens is 448 g/mol. The highest BCUT2D eigenvalue weighted by atomic mass is 16.6. The molecule has 0 aliphatic carbocycles. The summed E-state index contributed by atoms with van der Waals surface area (Å²) < 4.78 is 23.6. The van der Waals surface area contributed by atoms with Gasteiger partial charge in [0.2, 0.25) is 0 Å². The maximum absolute atomic E-state index is 6.05. The Kier molecular flexibility index (Phi) is 18.1. The second-order valence-corrected chi connectivity index (χ2v) is 10.8. The summed E-state index contributed by atoms with van der Waals surface area (Å²) in [5.74, 6) is 0.878. The van der Waals surface area contributed by atoms with E-state index < -0.39 is 0 Å². The molecular formula is C32H56O4. The van der Waals surface area contributed by atoms with Gasteiger partial charge in [-0.3, -0.25) is 0 Å². The molecule has 0 spiro atoms. The highest BCUT2D eigenvalue weighted by Crippen LogP contribution is 2.33. The first-order valence-electron chi connectivity index (χ1n) is 15.2. The second-order valence-electron chi connectivity index (χ2n) is 10.8. The Bertz CT molecular complexity index is 601. The molecule has 0 aromatic heterocycles. The zero-order valence-corrected chi connectivity index (χ0v) is 23.7. The quantitative estimate of drug-likeness (QED) is 0.125. The molecule has 0 N–H and O–H groups in total. The van der Waals surface area contributed by atoms with Crippen LogP contribution in [0.1, 0.15) is 122 Å². The van der Waals surface area contributed by atoms with E-state index in [-0.39, 0.29) is 11.7 Å². The standard InChI is InChI=1S/C32H56O4/c1-3-4-5-6-7-8-9-10-11-12-13-14-15-16-17-21-25-34-29-32(24-26-36-32)27-31(33-2)28-35-30-22-19-18-20-23-30/h18-20,22-23,31H,3-17,21,24-29H2,1-2H3. The Morgan fingerprint density at radius 1 is 0.778 bits per heavy atom. The average molecular weight is 505 g/mol. The SMILES string of the molecule is CCCCCCCCCCCCCCCCCCOCC1(CC(COc2ccccc2)OC)CCO1. The normalized spacial score (nSPS) is 18.2. The number of benzene rings is 1. The minimum absolute atomic E-state index is 0.00431. The van der Waals surface area contributed by atoms with Gasteiger partial charge >= 0.3 is 0 Å². The van der Waals surface area contributed by atoms with Crippen molar-refractivity contribution >= 4 is 0 Å². The van der Waals surface area contributed by atoms with E-state index in [1.807, 2.05) is 30.3 Å². The molecule has 1 aliphatic heterocycles. The monoisotopic (exact) mass is 504 g/mol. The fourth-order valence-corrected chi connectivity index (χ4v) is 5.07. The lowest BCUT2D eigenvalue weighted by atomic mass is 9.89. The van der Waals surface area contributed by atoms with E-state index in [0.29, 0.717) is 13.2 Å². The topological polar surface area (TPSA) is 36.9 Å². The third-order valence-corrected chi connectivity index (χ3v) is 7.59. The lowest BCUT2D eigenvalue weighted by molar-refractivity contribution is -0.199. The van der Waals surface area contributed by atoms with Crippen LogP contribution in [-0.2, 0) is 14.2 Å². The number of rotatable bonds is 25. The van der Waals surface area contributed by atoms with Crippen molar-refractivity contribution < 1.29 is 18.9 Å². The van der Waals surface area contributed by atoms with Crippen LogP contribution < -0.4 is 4.74 Å². The van der Waals surface area contributed by atoms with Gasteiger partial charge in [-0.15, -0.1) is 0 Å². The van der Waals surface area contributed by atoms with Crippen molar-refractivity contribution in [2.24, 2.45) is 0 Å². The van der Waals surface area contributed by atoms with Gasteiger partial charge in [0.15, 0.2) is 0 Å². The van der Waals surface area contributed by atoms with E-state index in [1.54, 1.807) is 7.11 Å². The summed E-state index contributed by atoms with van der Waals surface area (Å²) in [5.41, 5.74) is -0.199. The van der Waals surface area contributed by atoms with Crippen LogP contribution in [0.3, 0.4) is 0 Å². The Balaban J connectivity index is 1.38. The van der Waals surface area contributed by atoms with Gasteiger partial charge in [0.05, 0.1) is 24.9 Å². The number of unbranched alkanes of at least 4 members (excludes halogenated alkanes) is 15. The summed E-state index contributed by atoms with van der Waals surface area (Å²) in [4.78, 5) is 0. The van der Waals surface area contributed by atoms with Crippen LogP contribution in [0.5, 0.6) is 5.75 Å². The second kappa shape index (κ2) is 20.9. The van der Waals surface area contributed by atoms with Crippen molar-refractivity contribution in [1.29, 1.82) is 0 Å². The number of hydrogen-bond donors (Lipinski definition) is 0. The Labute approximate surface area is 222 Å². The van der Waals surface area contributed by atoms with Crippen molar-refractivity contribution in [1.82, 2.24) is 0 Å². The van der Waals surface area contributed by atoms with Gasteiger partial charge < -0.3 is 18.9 Å². The van der Waals surface area contributed by atoms with Crippen molar-refractivity contribution in [2.45, 2.75) is 134 Å². The molecule has 1 heterocycles. The van der Waals surface area contributed by atoms with Gasteiger partial charge in [0.1, 0.15) is 12.4 Å². The summed E-state index contributed by atoms with van der Waals surface area (Å²) in [6.07, 6.45) is 24.2. The van der Waals surface area contributed by atoms with Crippen molar-refractivity contribution in [2.75, 3.05) is 33.5 Å². The maximum Gasteiger partial charge on any atom is 0.119 e. The molecule has 208 valence electrons. The van der Waals surface area contributed by atoms with Crippen LogP contribution in [0.4, 0.5) is 0 Å². The molecule has 1 aromatic rings. The Hall–Kier alpha value is -1.10. The molecule has 2 rings (SSSR count). The van der Waals surface area contributed by atoms with Gasteiger partial charge in [-0.1, -0.05) is 121 Å². The molecule has 0 amide bonds. The van der Waals surface area contributed by atoms with Crippen molar-refractivity contribution in [3.63, 3.8) is 0 Å². The smallest absolute Gasteiger partial charge is 0.119 e. The Morgan fingerprint density at radius 3 is 1.78 bits per heavy atom. The van der Waals surface area contributed by atoms with Crippen LogP contribution in [0.15, 0.2) is 30.3 Å². The molecule has 1 saturated heterocycles. The van der Waals surface area contributed by atoms with E-state index in [2.05, 4.69) is 6.92 Å². The van der Waals surface area contributed by atoms with Gasteiger partial charge in [0, 0.05) is 26.6 Å². The molecule has 4 nitrogen and oxygen atoms in total. The predicted octanol–water partition coefficient (Wildman–Crippen LogP) is 8.91. The van der Waals surface area contributed by atoms with Crippen molar-refractivity contribution in [3.05, 3.63) is 30.3 Å². The van der Waals surface area contributed by atoms with E-state index >= 15 is 0 Å². The number of hydrogen-bond acceptors (Lipinski definition) is 4. The maximum atomic E-state index is 6.05. The molecule has 0 radical (unpaired) electrons. The number of ether oxygens (including phenoxy) is 4. The number of para-hydroxylation sites is 1. The molecule has 1 fully saturated rings. The lowest BCUT2D eigenvalue weighted by Gasteiger charge is -2.43. The minimum Gasteiger partial charge on any atom is -0.491 e. The van der Waals surface area contributed by atoms with E-state index in [4.69, 9.17) is 18.9 Å². The summed E-state index contributed by atoms with van der Waals surface area (Å²) in [6, 6.07) is 9.92. The zero-order chi connectivity index (χ0) is 25.6. The van der Waals surface area contributed by atoms with Gasteiger partial charge in [0.25, 0.3) is 0 Å². The van der Waals surface area contributed by atoms with Crippen molar-refractivity contribution in [3.8, 4) is 5.75 Å². The van der Waals surface area contributed by atoms with Crippen LogP contribution in [0.25, 0.3) is 0 Å². The first-order valence-corrected chi connectivity index (χ1v) is 15.2. The first kappa shape index (κ1) is 31.1. The van der Waals surface area contributed by atoms with E-state index in [0.717, 1.165) is 38.2 Å². The fraction of sp³-hybridized carbons (Fsp3) is 0.812. The van der Waals surface area contributed by atoms with Crippen LogP contribution in [-0.4, -0.2) is 45.2 Å². The number of methoxy groups -OCH3 is 1. The molecule has 1 aliphatic rings. The van der Waals surface area contributed by atoms with Gasteiger partial charge in [-0.05, 0) is 18.6 Å². The van der Waals surface area contributed by atoms with Crippen LogP contribution in [0.2, 0.25) is 0 Å². The predicted molar refractivity (Wildman–Crippen MR) is 151 cm³/mol. The zero-order valence-electron chi connectivity index (χ0n) is 23.7. The molecule has 1 aromatic carbocycles. The third-order valence-electron chi connectivity index (χ3n) is 7.59. The summed E-state index contributed by atoms with van der Waals surface area (Å²) >= 11 is 0. The van der Waals surface area contributed by atoms with E-state index in [9.17, 15) is 0 Å². The Morgan fingerprint density at radius 2 is 1.31 bits per heavy atom. The van der Waals surface area contributed by atoms with E-state index in [1.165, 1.54) is 96.3 Å². The fourth-order valence-electron chi connectivity index (χ4n) is 5.07. The molecule has 0 bridgehead atoms. The van der Waals surface area contributed by atoms with Crippen LogP contribution in [0, 0.1) is 0 Å². The summed E-state index contributed by atoms with van der Waals surface area (Å²) in [5, 5.41) is 0. The third kappa shape index (κ3) is 14.6. The molecule has 0 saturated carbocycles. The molecule has 4 heteroatoms. The summed E-state index contributed by atoms with van der Waals surface area (Å²) in [6.45, 7) is 5.14.